The van der Waals surface area contributed by atoms with E-state index in [0.717, 1.165) is 32.1 Å². The summed E-state index contributed by atoms with van der Waals surface area (Å²) >= 11 is 0. The monoisotopic (exact) mass is 269 g/mol. The molecule has 0 bridgehead atoms. The minimum absolute atomic E-state index is 0.185. The molecule has 3 heteroatoms. The molecule has 0 spiro atoms. The molecule has 1 saturated carbocycles. The van der Waals surface area contributed by atoms with Gasteiger partial charge in [-0.2, -0.15) is 0 Å². The highest BCUT2D eigenvalue weighted by Gasteiger charge is 2.50. The Morgan fingerprint density at radius 1 is 1.32 bits per heavy atom. The Hall–Kier alpha value is -0.120. The lowest BCUT2D eigenvalue weighted by Crippen LogP contribution is -2.48. The Morgan fingerprint density at radius 3 is 2.63 bits per heavy atom. The molecule has 1 N–H and O–H groups in total. The summed E-state index contributed by atoms with van der Waals surface area (Å²) in [7, 11) is 1.80. The normalized spacial score (nSPS) is 31.9. The molecule has 112 valence electrons. The van der Waals surface area contributed by atoms with Crippen molar-refractivity contribution in [2.75, 3.05) is 26.9 Å². The molecule has 2 aliphatic rings. The molecule has 19 heavy (non-hydrogen) atoms. The molecule has 1 saturated heterocycles. The van der Waals surface area contributed by atoms with Crippen molar-refractivity contribution in [3.05, 3.63) is 0 Å². The van der Waals surface area contributed by atoms with E-state index in [4.69, 9.17) is 9.47 Å². The Balaban J connectivity index is 1.98. The summed E-state index contributed by atoms with van der Waals surface area (Å²) in [5.41, 5.74) is 0.526. The van der Waals surface area contributed by atoms with Crippen LogP contribution in [0.25, 0.3) is 0 Å². The maximum atomic E-state index is 6.11. The first-order chi connectivity index (χ1) is 8.97. The lowest BCUT2D eigenvalue weighted by Gasteiger charge is -2.37. The summed E-state index contributed by atoms with van der Waals surface area (Å²) < 4.78 is 11.4. The molecule has 3 nitrogen and oxygen atoms in total. The molecular weight excluding hydrogens is 238 g/mol. The van der Waals surface area contributed by atoms with Gasteiger partial charge in [0, 0.05) is 37.8 Å². The first-order valence-electron chi connectivity index (χ1n) is 7.82. The number of methoxy groups -OCH3 is 1. The molecule has 2 unspecified atom stereocenters. The number of rotatable bonds is 7. The molecule has 2 atom stereocenters. The van der Waals surface area contributed by atoms with Gasteiger partial charge >= 0.3 is 0 Å². The Bertz CT molecular complexity index is 283. The fraction of sp³-hybridized carbons (Fsp3) is 1.00. The average molecular weight is 269 g/mol. The van der Waals surface area contributed by atoms with Crippen LogP contribution in [0.1, 0.15) is 52.9 Å². The van der Waals surface area contributed by atoms with Crippen molar-refractivity contribution in [1.82, 2.24) is 5.32 Å². The average Bonchev–Trinajstić information content (AvgIpc) is 3.09. The van der Waals surface area contributed by atoms with Gasteiger partial charge in [-0.3, -0.25) is 0 Å². The number of nitrogens with one attached hydrogen (secondary N) is 1. The highest BCUT2D eigenvalue weighted by Crippen LogP contribution is 2.50. The fourth-order valence-electron chi connectivity index (χ4n) is 3.30. The summed E-state index contributed by atoms with van der Waals surface area (Å²) in [5, 5.41) is 3.72. The number of hydrogen-bond acceptors (Lipinski definition) is 3. The SMILES string of the molecule is COCCCC1(CNC(C)(C)C)CCOC1C1CC1. The maximum Gasteiger partial charge on any atom is 0.0672 e. The third-order valence-electron chi connectivity index (χ3n) is 4.54. The van der Waals surface area contributed by atoms with E-state index in [-0.39, 0.29) is 5.54 Å². The topological polar surface area (TPSA) is 30.5 Å². The Morgan fingerprint density at radius 2 is 2.05 bits per heavy atom. The minimum atomic E-state index is 0.185. The van der Waals surface area contributed by atoms with Gasteiger partial charge in [-0.1, -0.05) is 0 Å². The fourth-order valence-corrected chi connectivity index (χ4v) is 3.30. The van der Waals surface area contributed by atoms with Gasteiger partial charge in [0.2, 0.25) is 0 Å². The van der Waals surface area contributed by atoms with Crippen molar-refractivity contribution in [2.45, 2.75) is 64.5 Å². The highest BCUT2D eigenvalue weighted by atomic mass is 16.5. The van der Waals surface area contributed by atoms with Crippen molar-refractivity contribution < 1.29 is 9.47 Å². The Kier molecular flexibility index (Phi) is 4.91. The van der Waals surface area contributed by atoms with Gasteiger partial charge in [-0.05, 0) is 58.8 Å². The van der Waals surface area contributed by atoms with Crippen LogP contribution in [0, 0.1) is 11.3 Å². The molecule has 1 heterocycles. The van der Waals surface area contributed by atoms with Crippen LogP contribution in [0.5, 0.6) is 0 Å². The lowest BCUT2D eigenvalue weighted by molar-refractivity contribution is 0.0196. The van der Waals surface area contributed by atoms with Gasteiger partial charge < -0.3 is 14.8 Å². The standard InChI is InChI=1S/C16H31NO2/c1-15(2,3)17-12-16(8-5-10-18-4)9-11-19-14(16)13-6-7-13/h13-14,17H,5-12H2,1-4H3. The van der Waals surface area contributed by atoms with Crippen LogP contribution in [-0.2, 0) is 9.47 Å². The maximum absolute atomic E-state index is 6.11. The van der Waals surface area contributed by atoms with Gasteiger partial charge in [-0.25, -0.2) is 0 Å². The van der Waals surface area contributed by atoms with Crippen molar-refractivity contribution in [3.8, 4) is 0 Å². The molecule has 0 aromatic heterocycles. The third-order valence-corrected chi connectivity index (χ3v) is 4.54. The van der Waals surface area contributed by atoms with E-state index in [9.17, 15) is 0 Å². The van der Waals surface area contributed by atoms with Crippen LogP contribution >= 0.6 is 0 Å². The van der Waals surface area contributed by atoms with Crippen LogP contribution in [-0.4, -0.2) is 38.5 Å². The lowest BCUT2D eigenvalue weighted by atomic mass is 9.74. The molecule has 2 rings (SSSR count). The first-order valence-corrected chi connectivity index (χ1v) is 7.82. The van der Waals surface area contributed by atoms with Crippen LogP contribution in [0.15, 0.2) is 0 Å². The molecule has 2 fully saturated rings. The molecule has 0 aromatic carbocycles. The zero-order valence-corrected chi connectivity index (χ0v) is 13.1. The molecule has 0 radical (unpaired) electrons. The first kappa shape index (κ1) is 15.3. The smallest absolute Gasteiger partial charge is 0.0672 e. The molecule has 0 amide bonds. The summed E-state index contributed by atoms with van der Waals surface area (Å²) in [5.74, 6) is 0.826. The van der Waals surface area contributed by atoms with Crippen LogP contribution in [0.4, 0.5) is 0 Å². The number of hydrogen-bond donors (Lipinski definition) is 1. The van der Waals surface area contributed by atoms with E-state index in [1.807, 2.05) is 0 Å². The van der Waals surface area contributed by atoms with Crippen molar-refractivity contribution in [3.63, 3.8) is 0 Å². The predicted molar refractivity (Wildman–Crippen MR) is 78.4 cm³/mol. The largest absolute Gasteiger partial charge is 0.385 e. The summed E-state index contributed by atoms with van der Waals surface area (Å²) in [6.07, 6.45) is 6.80. The molecule has 1 aliphatic heterocycles. The molecule has 0 aromatic rings. The summed E-state index contributed by atoms with van der Waals surface area (Å²) in [6.45, 7) is 9.64. The second kappa shape index (κ2) is 6.11. The minimum Gasteiger partial charge on any atom is -0.385 e. The van der Waals surface area contributed by atoms with Gasteiger partial charge in [0.05, 0.1) is 6.10 Å². The second-order valence-electron chi connectivity index (χ2n) is 7.44. The van der Waals surface area contributed by atoms with E-state index in [1.54, 1.807) is 7.11 Å². The van der Waals surface area contributed by atoms with Crippen LogP contribution < -0.4 is 5.32 Å². The van der Waals surface area contributed by atoms with E-state index in [0.29, 0.717) is 11.5 Å². The van der Waals surface area contributed by atoms with E-state index in [1.165, 1.54) is 25.7 Å². The van der Waals surface area contributed by atoms with Gasteiger partial charge in [-0.15, -0.1) is 0 Å². The van der Waals surface area contributed by atoms with Gasteiger partial charge in [0.15, 0.2) is 0 Å². The van der Waals surface area contributed by atoms with Crippen molar-refractivity contribution in [1.29, 1.82) is 0 Å². The molecule has 1 aliphatic carbocycles. The van der Waals surface area contributed by atoms with Crippen molar-refractivity contribution in [2.24, 2.45) is 11.3 Å². The Labute approximate surface area is 118 Å². The quantitative estimate of drug-likeness (QED) is 0.721. The second-order valence-corrected chi connectivity index (χ2v) is 7.44. The van der Waals surface area contributed by atoms with E-state index in [2.05, 4.69) is 26.1 Å². The summed E-state index contributed by atoms with van der Waals surface area (Å²) in [6, 6.07) is 0. The van der Waals surface area contributed by atoms with Gasteiger partial charge in [0.25, 0.3) is 0 Å². The predicted octanol–water partition coefficient (Wildman–Crippen LogP) is 2.99. The zero-order valence-electron chi connectivity index (χ0n) is 13.1. The van der Waals surface area contributed by atoms with E-state index >= 15 is 0 Å². The molecular formula is C16H31NO2. The highest BCUT2D eigenvalue weighted by molar-refractivity contribution is 5.01. The zero-order chi connectivity index (χ0) is 13.9. The van der Waals surface area contributed by atoms with Crippen molar-refractivity contribution >= 4 is 0 Å². The van der Waals surface area contributed by atoms with Crippen LogP contribution in [0.2, 0.25) is 0 Å². The van der Waals surface area contributed by atoms with Gasteiger partial charge in [0.1, 0.15) is 0 Å². The summed E-state index contributed by atoms with van der Waals surface area (Å²) in [4.78, 5) is 0. The van der Waals surface area contributed by atoms with Crippen LogP contribution in [0.3, 0.4) is 0 Å². The number of ether oxygens (including phenoxy) is 2. The third kappa shape index (κ3) is 4.17. The van der Waals surface area contributed by atoms with E-state index < -0.39 is 0 Å².